The first-order valence-electron chi connectivity index (χ1n) is 7.12. The Hall–Kier alpha value is -4.00. The van der Waals surface area contributed by atoms with Gasteiger partial charge in [-0.25, -0.2) is 19.3 Å². The first-order chi connectivity index (χ1) is 12.1. The predicted octanol–water partition coefficient (Wildman–Crippen LogP) is 0.391. The zero-order valence-corrected chi connectivity index (χ0v) is 12.5. The third kappa shape index (κ3) is 2.31. The van der Waals surface area contributed by atoms with Crippen LogP contribution in [0.3, 0.4) is 0 Å². The Bertz CT molecular complexity index is 1240. The summed E-state index contributed by atoms with van der Waals surface area (Å²) in [6, 6.07) is 5.33. The highest BCUT2D eigenvalue weighted by Gasteiger charge is 2.15. The highest BCUT2D eigenvalue weighted by Crippen LogP contribution is 2.23. The van der Waals surface area contributed by atoms with Crippen LogP contribution in [0.4, 0.5) is 0 Å². The standard InChI is InChI=1S/C15H9N7O3/c16-4-8-1-2-22-11(3-8)9(5-18-22)13-17-6-10-14(20-13)21(7-12(23)24)15(25)19-10/h1-3,5-6H,7H2,(H,19,25)(H,23,24). The fourth-order valence-electron chi connectivity index (χ4n) is 2.58. The molecule has 10 heteroatoms. The Morgan fingerprint density at radius 3 is 3.00 bits per heavy atom. The number of carbonyl (C=O) groups is 1. The molecule has 0 aliphatic rings. The molecule has 4 heterocycles. The van der Waals surface area contributed by atoms with Crippen molar-refractivity contribution < 1.29 is 9.90 Å². The molecule has 122 valence electrons. The maximum absolute atomic E-state index is 11.9. The number of hydrogen-bond acceptors (Lipinski definition) is 6. The van der Waals surface area contributed by atoms with Gasteiger partial charge in [-0.3, -0.25) is 9.36 Å². The van der Waals surface area contributed by atoms with Crippen LogP contribution < -0.4 is 5.69 Å². The number of carboxylic acids is 1. The SMILES string of the molecule is N#Cc1ccn2ncc(-c3ncc4[nH]c(=O)n(CC(=O)O)c4n3)c2c1. The van der Waals surface area contributed by atoms with Crippen molar-refractivity contribution in [3.8, 4) is 17.5 Å². The van der Waals surface area contributed by atoms with Crippen LogP contribution in [0.5, 0.6) is 0 Å². The molecule has 2 N–H and O–H groups in total. The number of carboxylic acid groups (broad SMARTS) is 1. The molecule has 0 aliphatic carbocycles. The lowest BCUT2D eigenvalue weighted by atomic mass is 10.2. The van der Waals surface area contributed by atoms with Gasteiger partial charge in [-0.1, -0.05) is 0 Å². The molecule has 0 radical (unpaired) electrons. The normalized spacial score (nSPS) is 11.0. The van der Waals surface area contributed by atoms with Crippen LogP contribution in [0.1, 0.15) is 5.56 Å². The van der Waals surface area contributed by atoms with Crippen molar-refractivity contribution in [2.45, 2.75) is 6.54 Å². The van der Waals surface area contributed by atoms with Crippen LogP contribution in [-0.4, -0.2) is 40.2 Å². The van der Waals surface area contributed by atoms with Gasteiger partial charge in [0.05, 0.1) is 35.1 Å². The number of imidazole rings is 1. The van der Waals surface area contributed by atoms with E-state index >= 15 is 0 Å². The molecule has 0 amide bonds. The zero-order chi connectivity index (χ0) is 17.6. The number of nitrogens with zero attached hydrogens (tertiary/aromatic N) is 6. The summed E-state index contributed by atoms with van der Waals surface area (Å²) in [5, 5.41) is 22.2. The monoisotopic (exact) mass is 335 g/mol. The van der Waals surface area contributed by atoms with E-state index in [0.29, 0.717) is 22.2 Å². The molecule has 4 rings (SSSR count). The third-order valence-electron chi connectivity index (χ3n) is 3.70. The Morgan fingerprint density at radius 2 is 2.24 bits per heavy atom. The summed E-state index contributed by atoms with van der Waals surface area (Å²) in [5.41, 5.74) is 1.60. The third-order valence-corrected chi connectivity index (χ3v) is 3.70. The number of rotatable bonds is 3. The highest BCUT2D eigenvalue weighted by atomic mass is 16.4. The summed E-state index contributed by atoms with van der Waals surface area (Å²) in [7, 11) is 0. The fraction of sp³-hybridized carbons (Fsp3) is 0.0667. The minimum Gasteiger partial charge on any atom is -0.480 e. The van der Waals surface area contributed by atoms with Gasteiger partial charge in [0.25, 0.3) is 0 Å². The lowest BCUT2D eigenvalue weighted by molar-refractivity contribution is -0.137. The molecule has 0 aromatic carbocycles. The van der Waals surface area contributed by atoms with Crippen molar-refractivity contribution >= 4 is 22.6 Å². The number of nitrogens with one attached hydrogen (secondary N) is 1. The van der Waals surface area contributed by atoms with E-state index < -0.39 is 18.2 Å². The first-order valence-corrected chi connectivity index (χ1v) is 7.12. The summed E-state index contributed by atoms with van der Waals surface area (Å²) in [6.45, 7) is -0.511. The molecule has 0 aliphatic heterocycles. The minimum absolute atomic E-state index is 0.188. The summed E-state index contributed by atoms with van der Waals surface area (Å²) < 4.78 is 2.60. The van der Waals surface area contributed by atoms with Crippen molar-refractivity contribution in [1.82, 2.24) is 29.1 Å². The van der Waals surface area contributed by atoms with Gasteiger partial charge in [-0.05, 0) is 12.1 Å². The summed E-state index contributed by atoms with van der Waals surface area (Å²) in [4.78, 5) is 33.9. The molecule has 10 nitrogen and oxygen atoms in total. The van der Waals surface area contributed by atoms with Crippen molar-refractivity contribution in [3.63, 3.8) is 0 Å². The lowest BCUT2D eigenvalue weighted by Crippen LogP contribution is -2.21. The molecule has 0 atom stereocenters. The molecular weight excluding hydrogens is 326 g/mol. The summed E-state index contributed by atoms with van der Waals surface area (Å²) in [6.07, 6.45) is 4.60. The van der Waals surface area contributed by atoms with Gasteiger partial charge in [0.1, 0.15) is 12.1 Å². The minimum atomic E-state index is -1.15. The van der Waals surface area contributed by atoms with E-state index in [4.69, 9.17) is 10.4 Å². The van der Waals surface area contributed by atoms with E-state index in [2.05, 4.69) is 26.1 Å². The van der Waals surface area contributed by atoms with Crippen molar-refractivity contribution in [3.05, 3.63) is 46.8 Å². The molecule has 4 aromatic heterocycles. The molecule has 0 spiro atoms. The van der Waals surface area contributed by atoms with E-state index in [-0.39, 0.29) is 11.5 Å². The molecule has 0 saturated heterocycles. The van der Waals surface area contributed by atoms with Gasteiger partial charge in [0, 0.05) is 6.20 Å². The van der Waals surface area contributed by atoms with Crippen molar-refractivity contribution in [2.75, 3.05) is 0 Å². The first kappa shape index (κ1) is 14.6. The van der Waals surface area contributed by atoms with Gasteiger partial charge in [0.2, 0.25) is 0 Å². The van der Waals surface area contributed by atoms with Crippen LogP contribution in [0, 0.1) is 11.3 Å². The molecule has 0 saturated carbocycles. The number of aliphatic carboxylic acids is 1. The van der Waals surface area contributed by atoms with Crippen molar-refractivity contribution in [1.29, 1.82) is 5.26 Å². The number of pyridine rings is 1. The predicted molar refractivity (Wildman–Crippen MR) is 84.7 cm³/mol. The Balaban J connectivity index is 1.94. The molecule has 0 bridgehead atoms. The Kier molecular flexibility index (Phi) is 3.08. The maximum Gasteiger partial charge on any atom is 0.328 e. The average Bonchev–Trinajstić information content (AvgIpc) is 3.15. The molecule has 0 unspecified atom stereocenters. The fourth-order valence-corrected chi connectivity index (χ4v) is 2.58. The smallest absolute Gasteiger partial charge is 0.328 e. The van der Waals surface area contributed by atoms with Crippen LogP contribution in [-0.2, 0) is 11.3 Å². The summed E-state index contributed by atoms with van der Waals surface area (Å²) >= 11 is 0. The number of fused-ring (bicyclic) bond motifs is 2. The maximum atomic E-state index is 11.9. The number of aromatic amines is 1. The summed E-state index contributed by atoms with van der Waals surface area (Å²) in [5.74, 6) is -0.881. The second kappa shape index (κ2) is 5.27. The molecule has 0 fully saturated rings. The topological polar surface area (TPSA) is 142 Å². The van der Waals surface area contributed by atoms with Crippen molar-refractivity contribution in [2.24, 2.45) is 0 Å². The number of H-pyrrole nitrogens is 1. The highest BCUT2D eigenvalue weighted by molar-refractivity contribution is 5.80. The van der Waals surface area contributed by atoms with Gasteiger partial charge in [0.15, 0.2) is 11.5 Å². The van der Waals surface area contributed by atoms with E-state index in [1.807, 2.05) is 0 Å². The van der Waals surface area contributed by atoms with Crippen LogP contribution >= 0.6 is 0 Å². The van der Waals surface area contributed by atoms with E-state index in [9.17, 15) is 9.59 Å². The van der Waals surface area contributed by atoms with E-state index in [1.165, 1.54) is 6.20 Å². The number of nitriles is 1. The van der Waals surface area contributed by atoms with E-state index in [0.717, 1.165) is 4.57 Å². The van der Waals surface area contributed by atoms with Crippen LogP contribution in [0.25, 0.3) is 28.1 Å². The molecule has 4 aromatic rings. The van der Waals surface area contributed by atoms with Gasteiger partial charge in [-0.2, -0.15) is 10.4 Å². The Labute approximate surface area is 138 Å². The average molecular weight is 335 g/mol. The quantitative estimate of drug-likeness (QED) is 0.551. The Morgan fingerprint density at radius 1 is 1.40 bits per heavy atom. The second-order valence-electron chi connectivity index (χ2n) is 5.26. The lowest BCUT2D eigenvalue weighted by Gasteiger charge is -2.01. The molecule has 25 heavy (non-hydrogen) atoms. The second-order valence-corrected chi connectivity index (χ2v) is 5.26. The van der Waals surface area contributed by atoms with Crippen LogP contribution in [0.2, 0.25) is 0 Å². The van der Waals surface area contributed by atoms with Gasteiger partial charge in [-0.15, -0.1) is 0 Å². The van der Waals surface area contributed by atoms with Gasteiger partial charge >= 0.3 is 11.7 Å². The number of hydrogen-bond donors (Lipinski definition) is 2. The molecular formula is C15H9N7O3. The van der Waals surface area contributed by atoms with Gasteiger partial charge < -0.3 is 10.1 Å². The van der Waals surface area contributed by atoms with Crippen LogP contribution in [0.15, 0.2) is 35.5 Å². The zero-order valence-electron chi connectivity index (χ0n) is 12.5. The number of aromatic nitrogens is 6. The van der Waals surface area contributed by atoms with E-state index in [1.54, 1.807) is 29.0 Å². The largest absolute Gasteiger partial charge is 0.480 e.